The summed E-state index contributed by atoms with van der Waals surface area (Å²) in [6.07, 6.45) is 1.63. The molecule has 0 fully saturated rings. The van der Waals surface area contributed by atoms with Crippen LogP contribution in [0.4, 0.5) is 0 Å². The molecule has 0 heterocycles. The van der Waals surface area contributed by atoms with Crippen LogP contribution in [-0.4, -0.2) is 0 Å². The van der Waals surface area contributed by atoms with Gasteiger partial charge in [-0.1, -0.05) is 45.2 Å². The van der Waals surface area contributed by atoms with Crippen molar-refractivity contribution < 1.29 is 0 Å². The Balaban J connectivity index is 3.22. The van der Waals surface area contributed by atoms with Crippen LogP contribution in [0.15, 0.2) is 32.7 Å². The molecule has 2 N–H and O–H groups in total. The molecule has 4 heteroatoms. The molecule has 2 nitrogen and oxygen atoms in total. The van der Waals surface area contributed by atoms with Gasteiger partial charge in [-0.2, -0.15) is 5.26 Å². The van der Waals surface area contributed by atoms with Gasteiger partial charge in [-0.15, -0.1) is 0 Å². The summed E-state index contributed by atoms with van der Waals surface area (Å²) in [6, 6.07) is 7.92. The van der Waals surface area contributed by atoms with Crippen LogP contribution < -0.4 is 5.73 Å². The minimum Gasteiger partial charge on any atom is -0.397 e. The van der Waals surface area contributed by atoms with Gasteiger partial charge < -0.3 is 5.73 Å². The van der Waals surface area contributed by atoms with E-state index in [9.17, 15) is 0 Å². The number of rotatable bonds is 3. The van der Waals surface area contributed by atoms with Crippen LogP contribution in [0.1, 0.15) is 25.3 Å². The first-order chi connectivity index (χ1) is 7.58. The molecule has 0 aliphatic heterocycles. The van der Waals surface area contributed by atoms with E-state index in [1.165, 1.54) is 0 Å². The summed E-state index contributed by atoms with van der Waals surface area (Å²) in [7, 11) is 0. The molecule has 84 valence electrons. The van der Waals surface area contributed by atoms with Gasteiger partial charge in [0, 0.05) is 14.5 Å². The summed E-state index contributed by atoms with van der Waals surface area (Å²) in [4.78, 5) is 0. The predicted octanol–water partition coefficient (Wildman–Crippen LogP) is 4.21. The molecule has 1 aromatic carbocycles. The molecule has 0 bridgehead atoms. The quantitative estimate of drug-likeness (QED) is 0.836. The van der Waals surface area contributed by atoms with Crippen LogP contribution in [0.2, 0.25) is 0 Å². The Hall–Kier alpha value is -0.790. The summed E-state index contributed by atoms with van der Waals surface area (Å²) in [6.45, 7) is 2.03. The highest BCUT2D eigenvalue weighted by molar-refractivity contribution is 9.11. The van der Waals surface area contributed by atoms with Gasteiger partial charge in [0.25, 0.3) is 0 Å². The smallest absolute Gasteiger partial charge is 0.0968 e. The fraction of sp³-hybridized carbons (Fsp3) is 0.250. The zero-order valence-corrected chi connectivity index (χ0v) is 12.1. The van der Waals surface area contributed by atoms with Crippen molar-refractivity contribution in [1.29, 1.82) is 5.26 Å². The summed E-state index contributed by atoms with van der Waals surface area (Å²) >= 11 is 6.80. The third kappa shape index (κ3) is 3.36. The summed E-state index contributed by atoms with van der Waals surface area (Å²) < 4.78 is 1.88. The Morgan fingerprint density at radius 1 is 1.31 bits per heavy atom. The molecule has 0 spiro atoms. The molecule has 0 aromatic heterocycles. The standard InChI is InChI=1S/C12H12Br2N2/c1-2-3-8(7-15)12(16)9-4-10(13)6-11(14)5-9/h4-6H,2-3,16H2,1H3/b12-8-. The van der Waals surface area contributed by atoms with Gasteiger partial charge in [0.2, 0.25) is 0 Å². The van der Waals surface area contributed by atoms with Crippen LogP contribution in [-0.2, 0) is 0 Å². The number of halogens is 2. The second kappa shape index (κ2) is 6.07. The Kier molecular flexibility index (Phi) is 5.04. The van der Waals surface area contributed by atoms with Crippen LogP contribution in [0.25, 0.3) is 5.70 Å². The molecule has 1 aromatic rings. The minimum absolute atomic E-state index is 0.561. The lowest BCUT2D eigenvalue weighted by atomic mass is 10.0. The fourth-order valence-electron chi connectivity index (χ4n) is 1.38. The third-order valence-electron chi connectivity index (χ3n) is 2.13. The second-order valence-electron chi connectivity index (χ2n) is 3.41. The van der Waals surface area contributed by atoms with Crippen LogP contribution in [0.5, 0.6) is 0 Å². The van der Waals surface area contributed by atoms with E-state index in [0.29, 0.717) is 17.7 Å². The maximum absolute atomic E-state index is 9.02. The summed E-state index contributed by atoms with van der Waals surface area (Å²) in [5, 5.41) is 9.02. The van der Waals surface area contributed by atoms with E-state index in [1.54, 1.807) is 0 Å². The van der Waals surface area contributed by atoms with Crippen molar-refractivity contribution in [2.75, 3.05) is 0 Å². The van der Waals surface area contributed by atoms with E-state index < -0.39 is 0 Å². The first-order valence-electron chi connectivity index (χ1n) is 4.93. The lowest BCUT2D eigenvalue weighted by molar-refractivity contribution is 0.929. The van der Waals surface area contributed by atoms with Gasteiger partial charge in [-0.3, -0.25) is 0 Å². The van der Waals surface area contributed by atoms with E-state index in [4.69, 9.17) is 11.0 Å². The minimum atomic E-state index is 0.561. The molecule has 1 rings (SSSR count). The predicted molar refractivity (Wildman–Crippen MR) is 73.5 cm³/mol. The normalized spacial score (nSPS) is 11.9. The second-order valence-corrected chi connectivity index (χ2v) is 5.24. The number of allylic oxidation sites excluding steroid dienone is 1. The first-order valence-corrected chi connectivity index (χ1v) is 6.52. The van der Waals surface area contributed by atoms with Crippen molar-refractivity contribution in [1.82, 2.24) is 0 Å². The van der Waals surface area contributed by atoms with Crippen molar-refractivity contribution in [3.05, 3.63) is 38.3 Å². The van der Waals surface area contributed by atoms with Gasteiger partial charge in [-0.05, 0) is 24.6 Å². The average molecular weight is 344 g/mol. The Morgan fingerprint density at radius 3 is 2.31 bits per heavy atom. The maximum atomic E-state index is 9.02. The van der Waals surface area contributed by atoms with E-state index >= 15 is 0 Å². The molecule has 0 saturated heterocycles. The number of nitriles is 1. The molecule has 16 heavy (non-hydrogen) atoms. The Morgan fingerprint density at radius 2 is 1.88 bits per heavy atom. The fourth-order valence-corrected chi connectivity index (χ4v) is 2.68. The van der Waals surface area contributed by atoms with Crippen molar-refractivity contribution in [2.45, 2.75) is 19.8 Å². The molecular formula is C12H12Br2N2. The van der Waals surface area contributed by atoms with Crippen molar-refractivity contribution in [3.8, 4) is 6.07 Å². The summed E-state index contributed by atoms with van der Waals surface area (Å²) in [5.41, 5.74) is 8.06. The molecular weight excluding hydrogens is 332 g/mol. The van der Waals surface area contributed by atoms with E-state index in [1.807, 2.05) is 25.1 Å². The molecule has 0 amide bonds. The highest BCUT2D eigenvalue weighted by atomic mass is 79.9. The van der Waals surface area contributed by atoms with E-state index in [0.717, 1.165) is 20.9 Å². The average Bonchev–Trinajstić information content (AvgIpc) is 2.23. The maximum Gasteiger partial charge on any atom is 0.0968 e. The summed E-state index contributed by atoms with van der Waals surface area (Å²) in [5.74, 6) is 0. The molecule has 0 aliphatic rings. The highest BCUT2D eigenvalue weighted by Crippen LogP contribution is 2.25. The third-order valence-corrected chi connectivity index (χ3v) is 3.05. The van der Waals surface area contributed by atoms with Crippen molar-refractivity contribution >= 4 is 37.6 Å². The number of nitrogens with zero attached hydrogens (tertiary/aromatic N) is 1. The van der Waals surface area contributed by atoms with E-state index in [2.05, 4.69) is 37.9 Å². The SMILES string of the molecule is CCC/C(C#N)=C(/N)c1cc(Br)cc(Br)c1. The molecule has 0 saturated carbocycles. The zero-order chi connectivity index (χ0) is 12.1. The van der Waals surface area contributed by atoms with Crippen molar-refractivity contribution in [2.24, 2.45) is 5.73 Å². The van der Waals surface area contributed by atoms with E-state index in [-0.39, 0.29) is 0 Å². The highest BCUT2D eigenvalue weighted by Gasteiger charge is 2.06. The molecule has 0 atom stereocenters. The number of nitrogens with two attached hydrogens (primary N) is 1. The zero-order valence-electron chi connectivity index (χ0n) is 8.93. The van der Waals surface area contributed by atoms with Crippen molar-refractivity contribution in [3.63, 3.8) is 0 Å². The Bertz CT molecular complexity index is 438. The molecule has 0 unspecified atom stereocenters. The number of hydrogen-bond acceptors (Lipinski definition) is 2. The number of hydrogen-bond donors (Lipinski definition) is 1. The van der Waals surface area contributed by atoms with Crippen LogP contribution >= 0.6 is 31.9 Å². The van der Waals surface area contributed by atoms with Crippen LogP contribution in [0, 0.1) is 11.3 Å². The lowest BCUT2D eigenvalue weighted by Gasteiger charge is -2.06. The van der Waals surface area contributed by atoms with Gasteiger partial charge in [-0.25, -0.2) is 0 Å². The Labute approximate surface area is 112 Å². The number of benzene rings is 1. The first kappa shape index (κ1) is 13.3. The topological polar surface area (TPSA) is 49.8 Å². The van der Waals surface area contributed by atoms with Gasteiger partial charge in [0.1, 0.15) is 0 Å². The van der Waals surface area contributed by atoms with Gasteiger partial charge in [0.15, 0.2) is 0 Å². The van der Waals surface area contributed by atoms with Gasteiger partial charge in [0.05, 0.1) is 17.3 Å². The largest absolute Gasteiger partial charge is 0.397 e. The molecule has 0 radical (unpaired) electrons. The monoisotopic (exact) mass is 342 g/mol. The van der Waals surface area contributed by atoms with Gasteiger partial charge >= 0.3 is 0 Å². The van der Waals surface area contributed by atoms with Crippen LogP contribution in [0.3, 0.4) is 0 Å². The molecule has 0 aliphatic carbocycles. The lowest BCUT2D eigenvalue weighted by Crippen LogP contribution is -2.01.